The maximum absolute atomic E-state index is 5.12. The number of hydrogen-bond donors (Lipinski definition) is 1. The minimum atomic E-state index is 0.706. The third-order valence-electron chi connectivity index (χ3n) is 3.00. The predicted molar refractivity (Wildman–Crippen MR) is 61.6 cm³/mol. The van der Waals surface area contributed by atoms with Gasteiger partial charge in [0.2, 0.25) is 0 Å². The van der Waals surface area contributed by atoms with Crippen LogP contribution in [-0.2, 0) is 17.9 Å². The van der Waals surface area contributed by atoms with E-state index in [0.717, 1.165) is 12.6 Å². The first-order chi connectivity index (χ1) is 7.38. The number of nitrogens with one attached hydrogen (secondary N) is 1. The summed E-state index contributed by atoms with van der Waals surface area (Å²) in [6.45, 7) is 1.69. The van der Waals surface area contributed by atoms with Gasteiger partial charge in [0.25, 0.3) is 0 Å². The monoisotopic (exact) mass is 205 g/mol. The molecule has 1 fully saturated rings. The molecule has 2 nitrogen and oxygen atoms in total. The molecule has 0 aromatic heterocycles. The van der Waals surface area contributed by atoms with Gasteiger partial charge in [-0.3, -0.25) is 0 Å². The molecule has 0 atom stereocenters. The van der Waals surface area contributed by atoms with Gasteiger partial charge in [0.1, 0.15) is 0 Å². The van der Waals surface area contributed by atoms with Gasteiger partial charge in [0, 0.05) is 19.7 Å². The van der Waals surface area contributed by atoms with Crippen molar-refractivity contribution in [3.63, 3.8) is 0 Å². The molecular formula is C13H19NO. The smallest absolute Gasteiger partial charge is 0.0713 e. The lowest BCUT2D eigenvalue weighted by Gasteiger charge is -2.26. The normalized spacial score (nSPS) is 16.3. The fourth-order valence-corrected chi connectivity index (χ4v) is 1.87. The number of methoxy groups -OCH3 is 1. The van der Waals surface area contributed by atoms with Crippen molar-refractivity contribution in [1.29, 1.82) is 0 Å². The highest BCUT2D eigenvalue weighted by Crippen LogP contribution is 2.18. The van der Waals surface area contributed by atoms with Crippen molar-refractivity contribution in [2.24, 2.45) is 0 Å². The van der Waals surface area contributed by atoms with Crippen molar-refractivity contribution < 1.29 is 4.74 Å². The summed E-state index contributed by atoms with van der Waals surface area (Å²) in [6, 6.07) is 9.36. The van der Waals surface area contributed by atoms with E-state index in [0.29, 0.717) is 6.61 Å². The lowest BCUT2D eigenvalue weighted by Crippen LogP contribution is -2.34. The topological polar surface area (TPSA) is 21.3 Å². The molecule has 1 aliphatic rings. The molecule has 0 spiro atoms. The quantitative estimate of drug-likeness (QED) is 0.797. The Morgan fingerprint density at radius 1 is 1.33 bits per heavy atom. The SMILES string of the molecule is COCc1cccc(CNC2CCC2)c1. The Hall–Kier alpha value is -0.860. The summed E-state index contributed by atoms with van der Waals surface area (Å²) in [5, 5.41) is 3.56. The van der Waals surface area contributed by atoms with Crippen LogP contribution in [0.5, 0.6) is 0 Å². The molecule has 0 heterocycles. The number of ether oxygens (including phenoxy) is 1. The molecule has 1 aromatic rings. The van der Waals surface area contributed by atoms with E-state index in [1.165, 1.54) is 30.4 Å². The van der Waals surface area contributed by atoms with Crippen LogP contribution in [0.15, 0.2) is 24.3 Å². The number of rotatable bonds is 5. The zero-order valence-corrected chi connectivity index (χ0v) is 9.33. The van der Waals surface area contributed by atoms with Gasteiger partial charge in [0.05, 0.1) is 6.61 Å². The summed E-state index contributed by atoms with van der Waals surface area (Å²) in [4.78, 5) is 0. The molecule has 0 bridgehead atoms. The van der Waals surface area contributed by atoms with Crippen molar-refractivity contribution in [3.8, 4) is 0 Å². The minimum absolute atomic E-state index is 0.706. The van der Waals surface area contributed by atoms with Crippen LogP contribution < -0.4 is 5.32 Å². The zero-order valence-electron chi connectivity index (χ0n) is 9.33. The Labute approximate surface area is 91.6 Å². The molecule has 0 aliphatic heterocycles. The highest BCUT2D eigenvalue weighted by atomic mass is 16.5. The van der Waals surface area contributed by atoms with Crippen LogP contribution in [0.2, 0.25) is 0 Å². The molecule has 2 rings (SSSR count). The van der Waals surface area contributed by atoms with Gasteiger partial charge in [-0.15, -0.1) is 0 Å². The van der Waals surface area contributed by atoms with Gasteiger partial charge in [-0.05, 0) is 24.0 Å². The van der Waals surface area contributed by atoms with E-state index < -0.39 is 0 Å². The Morgan fingerprint density at radius 2 is 2.13 bits per heavy atom. The molecule has 82 valence electrons. The molecular weight excluding hydrogens is 186 g/mol. The third-order valence-corrected chi connectivity index (χ3v) is 3.00. The van der Waals surface area contributed by atoms with E-state index in [1.54, 1.807) is 7.11 Å². The van der Waals surface area contributed by atoms with E-state index in [-0.39, 0.29) is 0 Å². The van der Waals surface area contributed by atoms with Crippen molar-refractivity contribution in [2.45, 2.75) is 38.5 Å². The average Bonchev–Trinajstić information content (AvgIpc) is 2.16. The molecule has 1 N–H and O–H groups in total. The summed E-state index contributed by atoms with van der Waals surface area (Å²) >= 11 is 0. The summed E-state index contributed by atoms with van der Waals surface area (Å²) in [5.41, 5.74) is 2.61. The van der Waals surface area contributed by atoms with Gasteiger partial charge < -0.3 is 10.1 Å². The number of hydrogen-bond acceptors (Lipinski definition) is 2. The fraction of sp³-hybridized carbons (Fsp3) is 0.538. The second-order valence-corrected chi connectivity index (χ2v) is 4.26. The first kappa shape index (κ1) is 10.7. The Bertz CT molecular complexity index is 307. The second kappa shape index (κ2) is 5.29. The van der Waals surface area contributed by atoms with Gasteiger partial charge in [-0.25, -0.2) is 0 Å². The first-order valence-corrected chi connectivity index (χ1v) is 5.68. The van der Waals surface area contributed by atoms with Crippen LogP contribution in [-0.4, -0.2) is 13.2 Å². The van der Waals surface area contributed by atoms with Crippen LogP contribution in [0.4, 0.5) is 0 Å². The first-order valence-electron chi connectivity index (χ1n) is 5.68. The maximum Gasteiger partial charge on any atom is 0.0713 e. The van der Waals surface area contributed by atoms with Gasteiger partial charge in [-0.1, -0.05) is 30.7 Å². The molecule has 15 heavy (non-hydrogen) atoms. The molecule has 1 aromatic carbocycles. The summed E-state index contributed by atoms with van der Waals surface area (Å²) in [6.07, 6.45) is 4.08. The lowest BCUT2D eigenvalue weighted by atomic mass is 9.93. The second-order valence-electron chi connectivity index (χ2n) is 4.26. The molecule has 0 unspecified atom stereocenters. The predicted octanol–water partition coefficient (Wildman–Crippen LogP) is 2.48. The average molecular weight is 205 g/mol. The lowest BCUT2D eigenvalue weighted by molar-refractivity contribution is 0.185. The van der Waals surface area contributed by atoms with Crippen LogP contribution in [0.3, 0.4) is 0 Å². The standard InChI is InChI=1S/C13H19NO/c1-15-10-12-5-2-4-11(8-12)9-14-13-6-3-7-13/h2,4-5,8,13-14H,3,6-7,9-10H2,1H3. The molecule has 0 saturated heterocycles. The summed E-state index contributed by atoms with van der Waals surface area (Å²) in [5.74, 6) is 0. The maximum atomic E-state index is 5.12. The van der Waals surface area contributed by atoms with E-state index in [4.69, 9.17) is 4.74 Å². The minimum Gasteiger partial charge on any atom is -0.380 e. The van der Waals surface area contributed by atoms with Crippen LogP contribution >= 0.6 is 0 Å². The van der Waals surface area contributed by atoms with Gasteiger partial charge in [0.15, 0.2) is 0 Å². The van der Waals surface area contributed by atoms with E-state index in [9.17, 15) is 0 Å². The van der Waals surface area contributed by atoms with Crippen LogP contribution in [0.1, 0.15) is 30.4 Å². The van der Waals surface area contributed by atoms with Gasteiger partial charge >= 0.3 is 0 Å². The highest BCUT2D eigenvalue weighted by Gasteiger charge is 2.15. The highest BCUT2D eigenvalue weighted by molar-refractivity contribution is 5.22. The molecule has 0 radical (unpaired) electrons. The van der Waals surface area contributed by atoms with Crippen molar-refractivity contribution in [3.05, 3.63) is 35.4 Å². The number of benzene rings is 1. The summed E-state index contributed by atoms with van der Waals surface area (Å²) < 4.78 is 5.12. The van der Waals surface area contributed by atoms with E-state index >= 15 is 0 Å². The molecule has 0 amide bonds. The van der Waals surface area contributed by atoms with Crippen LogP contribution in [0.25, 0.3) is 0 Å². The van der Waals surface area contributed by atoms with E-state index in [2.05, 4.69) is 29.6 Å². The zero-order chi connectivity index (χ0) is 10.5. The fourth-order valence-electron chi connectivity index (χ4n) is 1.87. The summed E-state index contributed by atoms with van der Waals surface area (Å²) in [7, 11) is 1.74. The van der Waals surface area contributed by atoms with Crippen molar-refractivity contribution in [2.75, 3.05) is 7.11 Å². The molecule has 1 aliphatic carbocycles. The van der Waals surface area contributed by atoms with Crippen LogP contribution in [0, 0.1) is 0 Å². The Balaban J connectivity index is 1.86. The van der Waals surface area contributed by atoms with E-state index in [1.807, 2.05) is 0 Å². The van der Waals surface area contributed by atoms with Crippen molar-refractivity contribution >= 4 is 0 Å². The molecule has 1 saturated carbocycles. The Kier molecular flexibility index (Phi) is 3.75. The third kappa shape index (κ3) is 3.05. The Morgan fingerprint density at radius 3 is 2.80 bits per heavy atom. The van der Waals surface area contributed by atoms with Crippen molar-refractivity contribution in [1.82, 2.24) is 5.32 Å². The van der Waals surface area contributed by atoms with Gasteiger partial charge in [-0.2, -0.15) is 0 Å². The molecule has 2 heteroatoms. The largest absolute Gasteiger partial charge is 0.380 e.